The van der Waals surface area contributed by atoms with E-state index in [0.717, 1.165) is 0 Å². The molecule has 0 atom stereocenters. The van der Waals surface area contributed by atoms with Gasteiger partial charge in [0.1, 0.15) is 0 Å². The minimum Gasteiger partial charge on any atom is -0.356 e. The number of carbonyl (C=O) groups excluding carboxylic acids is 2. The molecule has 0 aliphatic heterocycles. The Balaban J connectivity index is 3.49. The van der Waals surface area contributed by atoms with Crippen LogP contribution in [0.3, 0.4) is 0 Å². The molecule has 0 bridgehead atoms. The summed E-state index contributed by atoms with van der Waals surface area (Å²) in [6.45, 7) is 3.88. The summed E-state index contributed by atoms with van der Waals surface area (Å²) < 4.78 is 0. The Morgan fingerprint density at radius 2 is 2.07 bits per heavy atom. The molecular weight excluding hydrogens is 198 g/mol. The van der Waals surface area contributed by atoms with Crippen LogP contribution in [0.2, 0.25) is 0 Å². The van der Waals surface area contributed by atoms with E-state index in [4.69, 9.17) is 0 Å². The first kappa shape index (κ1) is 13.0. The molecule has 4 heteroatoms. The standard InChI is InChI=1S/C10H15NO2S/c1-3-4-5-6-10(13)14-8-7-11-9(2)12/h3-6H,7-8H2,1-2H3,(H,11,12)/b4-3+,6-5+. The molecule has 1 N–H and O–H groups in total. The van der Waals surface area contributed by atoms with Gasteiger partial charge < -0.3 is 5.32 Å². The summed E-state index contributed by atoms with van der Waals surface area (Å²) >= 11 is 1.19. The molecular formula is C10H15NO2S. The van der Waals surface area contributed by atoms with E-state index in [1.807, 2.05) is 13.0 Å². The lowest BCUT2D eigenvalue weighted by Crippen LogP contribution is -2.22. The summed E-state index contributed by atoms with van der Waals surface area (Å²) in [5.74, 6) is 0.543. The fourth-order valence-corrected chi connectivity index (χ4v) is 1.25. The molecule has 0 aromatic heterocycles. The van der Waals surface area contributed by atoms with E-state index >= 15 is 0 Å². The number of thioether (sulfide) groups is 1. The van der Waals surface area contributed by atoms with Crippen LogP contribution in [-0.4, -0.2) is 23.3 Å². The summed E-state index contributed by atoms with van der Waals surface area (Å²) in [6.07, 6.45) is 6.87. The largest absolute Gasteiger partial charge is 0.356 e. The first-order chi connectivity index (χ1) is 6.66. The lowest BCUT2D eigenvalue weighted by Gasteiger charge is -1.98. The minimum atomic E-state index is -0.0671. The first-order valence-corrected chi connectivity index (χ1v) is 5.36. The van der Waals surface area contributed by atoms with Crippen LogP contribution in [0.1, 0.15) is 13.8 Å². The highest BCUT2D eigenvalue weighted by Crippen LogP contribution is 2.01. The number of hydrogen-bond acceptors (Lipinski definition) is 3. The number of hydrogen-bond donors (Lipinski definition) is 1. The van der Waals surface area contributed by atoms with Crippen molar-refractivity contribution in [2.24, 2.45) is 0 Å². The first-order valence-electron chi connectivity index (χ1n) is 4.37. The highest BCUT2D eigenvalue weighted by Gasteiger charge is 1.96. The molecule has 0 saturated carbocycles. The highest BCUT2D eigenvalue weighted by atomic mass is 32.2. The third-order valence-corrected chi connectivity index (χ3v) is 2.09. The van der Waals surface area contributed by atoms with Gasteiger partial charge in [-0.05, 0) is 13.0 Å². The predicted molar refractivity (Wildman–Crippen MR) is 60.1 cm³/mol. The van der Waals surface area contributed by atoms with E-state index in [0.29, 0.717) is 12.3 Å². The van der Waals surface area contributed by atoms with E-state index in [2.05, 4.69) is 5.32 Å². The summed E-state index contributed by atoms with van der Waals surface area (Å²) in [5.41, 5.74) is 0. The lowest BCUT2D eigenvalue weighted by molar-refractivity contribution is -0.118. The normalized spacial score (nSPS) is 11.0. The maximum atomic E-state index is 11.1. The van der Waals surface area contributed by atoms with Crippen molar-refractivity contribution in [2.45, 2.75) is 13.8 Å². The van der Waals surface area contributed by atoms with Crippen molar-refractivity contribution >= 4 is 22.8 Å². The van der Waals surface area contributed by atoms with Crippen LogP contribution in [0.5, 0.6) is 0 Å². The lowest BCUT2D eigenvalue weighted by atomic mass is 10.4. The monoisotopic (exact) mass is 213 g/mol. The van der Waals surface area contributed by atoms with Gasteiger partial charge >= 0.3 is 0 Å². The SMILES string of the molecule is C/C=C/C=C/C(=O)SCCNC(C)=O. The quantitative estimate of drug-likeness (QED) is 0.428. The maximum Gasteiger partial charge on any atom is 0.216 e. The molecule has 78 valence electrons. The second kappa shape index (κ2) is 8.56. The Morgan fingerprint density at radius 3 is 2.64 bits per heavy atom. The van der Waals surface area contributed by atoms with Crippen molar-refractivity contribution in [3.8, 4) is 0 Å². The van der Waals surface area contributed by atoms with E-state index in [-0.39, 0.29) is 11.0 Å². The van der Waals surface area contributed by atoms with Crippen molar-refractivity contribution < 1.29 is 9.59 Å². The Kier molecular flexibility index (Phi) is 7.93. The zero-order valence-corrected chi connectivity index (χ0v) is 9.26. The molecule has 3 nitrogen and oxygen atoms in total. The van der Waals surface area contributed by atoms with Crippen LogP contribution >= 0.6 is 11.8 Å². The van der Waals surface area contributed by atoms with Gasteiger partial charge in [0.25, 0.3) is 0 Å². The Morgan fingerprint density at radius 1 is 1.36 bits per heavy atom. The van der Waals surface area contributed by atoms with Crippen LogP contribution in [-0.2, 0) is 9.59 Å². The molecule has 0 aliphatic carbocycles. The molecule has 0 rings (SSSR count). The van der Waals surface area contributed by atoms with Crippen molar-refractivity contribution in [1.82, 2.24) is 5.32 Å². The fraction of sp³-hybridized carbons (Fsp3) is 0.400. The van der Waals surface area contributed by atoms with Gasteiger partial charge in [0.15, 0.2) is 0 Å². The summed E-state index contributed by atoms with van der Waals surface area (Å²) in [6, 6.07) is 0. The third-order valence-electron chi connectivity index (χ3n) is 1.26. The number of allylic oxidation sites excluding steroid dienone is 3. The fourth-order valence-electron chi connectivity index (χ4n) is 0.672. The predicted octanol–water partition coefficient (Wildman–Crippen LogP) is 1.51. The summed E-state index contributed by atoms with van der Waals surface area (Å²) in [5, 5.41) is 2.63. The number of carbonyl (C=O) groups is 2. The zero-order chi connectivity index (χ0) is 10.8. The van der Waals surface area contributed by atoms with E-state index in [9.17, 15) is 9.59 Å². The molecule has 0 aromatic rings. The van der Waals surface area contributed by atoms with Crippen molar-refractivity contribution in [3.05, 3.63) is 24.3 Å². The van der Waals surface area contributed by atoms with Gasteiger partial charge in [0, 0.05) is 19.2 Å². The molecule has 0 heterocycles. The van der Waals surface area contributed by atoms with Gasteiger partial charge in [0.2, 0.25) is 11.0 Å². The molecule has 0 radical (unpaired) electrons. The molecule has 0 aromatic carbocycles. The van der Waals surface area contributed by atoms with Gasteiger partial charge in [-0.25, -0.2) is 0 Å². The van der Waals surface area contributed by atoms with Crippen LogP contribution in [0, 0.1) is 0 Å². The smallest absolute Gasteiger partial charge is 0.216 e. The topological polar surface area (TPSA) is 46.2 Å². The van der Waals surface area contributed by atoms with Crippen LogP contribution in [0.15, 0.2) is 24.3 Å². The average molecular weight is 213 g/mol. The highest BCUT2D eigenvalue weighted by molar-refractivity contribution is 8.14. The van der Waals surface area contributed by atoms with Crippen molar-refractivity contribution in [3.63, 3.8) is 0 Å². The summed E-state index contributed by atoms with van der Waals surface area (Å²) in [4.78, 5) is 21.6. The van der Waals surface area contributed by atoms with Crippen molar-refractivity contribution in [1.29, 1.82) is 0 Å². The Bertz CT molecular complexity index is 247. The van der Waals surface area contributed by atoms with Crippen LogP contribution < -0.4 is 5.32 Å². The van der Waals surface area contributed by atoms with Gasteiger partial charge in [-0.15, -0.1) is 0 Å². The second-order valence-electron chi connectivity index (χ2n) is 2.54. The molecule has 1 amide bonds. The van der Waals surface area contributed by atoms with Gasteiger partial charge in [0.05, 0.1) is 0 Å². The van der Waals surface area contributed by atoms with Gasteiger partial charge in [-0.1, -0.05) is 30.0 Å². The summed E-state index contributed by atoms with van der Waals surface area (Å²) in [7, 11) is 0. The molecule has 14 heavy (non-hydrogen) atoms. The minimum absolute atomic E-state index is 0.00783. The number of rotatable bonds is 5. The molecule has 0 spiro atoms. The van der Waals surface area contributed by atoms with Crippen LogP contribution in [0.4, 0.5) is 0 Å². The number of amides is 1. The maximum absolute atomic E-state index is 11.1. The van der Waals surface area contributed by atoms with Crippen LogP contribution in [0.25, 0.3) is 0 Å². The van der Waals surface area contributed by atoms with Crippen molar-refractivity contribution in [2.75, 3.05) is 12.3 Å². The second-order valence-corrected chi connectivity index (χ2v) is 3.63. The molecule has 0 saturated heterocycles. The zero-order valence-electron chi connectivity index (χ0n) is 8.45. The van der Waals surface area contributed by atoms with Gasteiger partial charge in [-0.3, -0.25) is 9.59 Å². The van der Waals surface area contributed by atoms with E-state index < -0.39 is 0 Å². The Hall–Kier alpha value is -1.03. The van der Waals surface area contributed by atoms with E-state index in [1.165, 1.54) is 24.8 Å². The van der Waals surface area contributed by atoms with Gasteiger partial charge in [-0.2, -0.15) is 0 Å². The average Bonchev–Trinajstić information content (AvgIpc) is 2.13. The molecule has 0 aliphatic rings. The third kappa shape index (κ3) is 9.06. The molecule has 0 fully saturated rings. The van der Waals surface area contributed by atoms with E-state index in [1.54, 1.807) is 12.2 Å². The Labute approximate surface area is 88.6 Å². The number of nitrogens with one attached hydrogen (secondary N) is 1. The molecule has 0 unspecified atom stereocenters.